The summed E-state index contributed by atoms with van der Waals surface area (Å²) < 4.78 is 13.9. The summed E-state index contributed by atoms with van der Waals surface area (Å²) in [4.78, 5) is 14.4. The van der Waals surface area contributed by atoms with Crippen molar-refractivity contribution in [2.24, 2.45) is 0 Å². The van der Waals surface area contributed by atoms with Gasteiger partial charge in [-0.15, -0.1) is 0 Å². The number of rotatable bonds is 4. The molecule has 0 aliphatic carbocycles. The summed E-state index contributed by atoms with van der Waals surface area (Å²) in [6, 6.07) is 11.7. The van der Waals surface area contributed by atoms with Crippen LogP contribution in [0.2, 0.25) is 5.02 Å². The Morgan fingerprint density at radius 2 is 2.08 bits per heavy atom. The van der Waals surface area contributed by atoms with Crippen molar-refractivity contribution >= 4 is 23.2 Å². The first kappa shape index (κ1) is 17.7. The van der Waals surface area contributed by atoms with Gasteiger partial charge in [-0.25, -0.2) is 4.39 Å². The number of para-hydroxylation sites is 1. The molecular weight excluding hydrogens is 343 g/mol. The van der Waals surface area contributed by atoms with Gasteiger partial charge in [-0.05, 0) is 37.1 Å². The van der Waals surface area contributed by atoms with Crippen molar-refractivity contribution in [1.29, 1.82) is 0 Å². The summed E-state index contributed by atoms with van der Waals surface area (Å²) in [6.07, 6.45) is 1.03. The van der Waals surface area contributed by atoms with Crippen molar-refractivity contribution in [3.05, 3.63) is 64.4 Å². The number of carbonyl (C=O) groups excluding carboxylic acids is 1. The fraction of sp³-hybridized carbons (Fsp3) is 0.316. The average Bonchev–Trinajstić information content (AvgIpc) is 2.61. The molecule has 6 heteroatoms. The monoisotopic (exact) mass is 362 g/mol. The number of aliphatic hydroxyl groups excluding tert-OH is 1. The van der Waals surface area contributed by atoms with Gasteiger partial charge in [-0.1, -0.05) is 29.8 Å². The molecule has 1 atom stereocenters. The molecule has 0 radical (unpaired) electrons. The largest absolute Gasteiger partial charge is 0.391 e. The third kappa shape index (κ3) is 4.11. The van der Waals surface area contributed by atoms with E-state index in [0.29, 0.717) is 34.9 Å². The lowest BCUT2D eigenvalue weighted by Gasteiger charge is -2.30. The summed E-state index contributed by atoms with van der Waals surface area (Å²) in [5, 5.41) is 13.2. The molecule has 0 bridgehead atoms. The number of likely N-dealkylation sites (tertiary alicyclic amines) is 1. The van der Waals surface area contributed by atoms with Crippen molar-refractivity contribution in [3.63, 3.8) is 0 Å². The Labute approximate surface area is 151 Å². The Morgan fingerprint density at radius 1 is 1.28 bits per heavy atom. The second-order valence-electron chi connectivity index (χ2n) is 6.15. The van der Waals surface area contributed by atoms with E-state index in [4.69, 9.17) is 11.6 Å². The first-order chi connectivity index (χ1) is 12.1. The van der Waals surface area contributed by atoms with Crippen LogP contribution in [0.5, 0.6) is 0 Å². The Bertz CT molecular complexity index is 749. The van der Waals surface area contributed by atoms with Crippen LogP contribution < -0.4 is 5.32 Å². The number of hydrogen-bond acceptors (Lipinski definition) is 3. The van der Waals surface area contributed by atoms with Gasteiger partial charge in [0.15, 0.2) is 0 Å². The third-order valence-electron chi connectivity index (χ3n) is 4.36. The minimum Gasteiger partial charge on any atom is -0.391 e. The molecule has 3 rings (SSSR count). The van der Waals surface area contributed by atoms with Crippen LogP contribution in [0.25, 0.3) is 0 Å². The summed E-state index contributed by atoms with van der Waals surface area (Å²) in [5.41, 5.74) is 1.48. The fourth-order valence-corrected chi connectivity index (χ4v) is 3.25. The van der Waals surface area contributed by atoms with Gasteiger partial charge in [0.05, 0.1) is 11.7 Å². The molecule has 4 nitrogen and oxygen atoms in total. The normalized spacial score (nSPS) is 17.4. The predicted molar refractivity (Wildman–Crippen MR) is 96.3 cm³/mol. The topological polar surface area (TPSA) is 52.6 Å². The first-order valence-corrected chi connectivity index (χ1v) is 8.67. The van der Waals surface area contributed by atoms with E-state index in [1.54, 1.807) is 35.2 Å². The summed E-state index contributed by atoms with van der Waals surface area (Å²) >= 11 is 6.05. The van der Waals surface area contributed by atoms with E-state index in [-0.39, 0.29) is 18.3 Å². The standard InChI is InChI=1S/C19H20ClFN2O2/c20-16-7-3-8-17(21)15(16)11-22-18-9-2-1-6-14(18)19(25)23-10-4-5-13(24)12-23/h1-3,6-9,13,22,24H,4-5,10-12H2. The molecule has 0 saturated carbocycles. The number of amides is 1. The maximum absolute atomic E-state index is 13.9. The van der Waals surface area contributed by atoms with Crippen LogP contribution in [-0.2, 0) is 6.54 Å². The van der Waals surface area contributed by atoms with Gasteiger partial charge >= 0.3 is 0 Å². The van der Waals surface area contributed by atoms with Crippen LogP contribution in [0, 0.1) is 5.82 Å². The van der Waals surface area contributed by atoms with Crippen LogP contribution in [0.3, 0.4) is 0 Å². The van der Waals surface area contributed by atoms with Gasteiger partial charge in [0, 0.05) is 35.9 Å². The highest BCUT2D eigenvalue weighted by Gasteiger charge is 2.24. The van der Waals surface area contributed by atoms with Gasteiger partial charge in [-0.3, -0.25) is 4.79 Å². The Hall–Kier alpha value is -2.11. The highest BCUT2D eigenvalue weighted by molar-refractivity contribution is 6.31. The van der Waals surface area contributed by atoms with Crippen molar-refractivity contribution in [1.82, 2.24) is 4.90 Å². The van der Waals surface area contributed by atoms with Crippen molar-refractivity contribution < 1.29 is 14.3 Å². The first-order valence-electron chi connectivity index (χ1n) is 8.29. The minimum atomic E-state index is -0.477. The summed E-state index contributed by atoms with van der Waals surface area (Å²) in [5.74, 6) is -0.524. The Morgan fingerprint density at radius 3 is 2.84 bits per heavy atom. The zero-order valence-corrected chi connectivity index (χ0v) is 14.5. The van der Waals surface area contributed by atoms with Crippen LogP contribution in [-0.4, -0.2) is 35.1 Å². The molecule has 1 fully saturated rings. The van der Waals surface area contributed by atoms with Gasteiger partial charge in [0.25, 0.3) is 5.91 Å². The van der Waals surface area contributed by atoms with Crippen LogP contribution in [0.4, 0.5) is 10.1 Å². The lowest BCUT2D eigenvalue weighted by molar-refractivity contribution is 0.0474. The molecule has 0 spiro atoms. The smallest absolute Gasteiger partial charge is 0.256 e. The molecule has 2 aromatic rings. The number of piperidine rings is 1. The number of hydrogen-bond donors (Lipinski definition) is 2. The molecular formula is C19H20ClFN2O2. The van der Waals surface area contributed by atoms with E-state index in [2.05, 4.69) is 5.32 Å². The third-order valence-corrected chi connectivity index (χ3v) is 4.71. The molecule has 1 amide bonds. The number of carbonyl (C=O) groups is 1. The predicted octanol–water partition coefficient (Wildman–Crippen LogP) is 3.69. The highest BCUT2D eigenvalue weighted by atomic mass is 35.5. The second kappa shape index (κ2) is 7.85. The van der Waals surface area contributed by atoms with Gasteiger partial charge in [-0.2, -0.15) is 0 Å². The summed E-state index contributed by atoms with van der Waals surface area (Å²) in [7, 11) is 0. The second-order valence-corrected chi connectivity index (χ2v) is 6.55. The maximum Gasteiger partial charge on any atom is 0.256 e. The zero-order valence-electron chi connectivity index (χ0n) is 13.7. The fourth-order valence-electron chi connectivity index (χ4n) is 3.02. The lowest BCUT2D eigenvalue weighted by atomic mass is 10.1. The van der Waals surface area contributed by atoms with Crippen LogP contribution in [0.1, 0.15) is 28.8 Å². The van der Waals surface area contributed by atoms with Crippen molar-refractivity contribution in [2.75, 3.05) is 18.4 Å². The van der Waals surface area contributed by atoms with E-state index in [9.17, 15) is 14.3 Å². The van der Waals surface area contributed by atoms with Crippen LogP contribution in [0.15, 0.2) is 42.5 Å². The molecule has 0 aromatic heterocycles. The molecule has 132 valence electrons. The highest BCUT2D eigenvalue weighted by Crippen LogP contribution is 2.23. The number of nitrogens with one attached hydrogen (secondary N) is 1. The zero-order chi connectivity index (χ0) is 17.8. The van der Waals surface area contributed by atoms with Gasteiger partial charge < -0.3 is 15.3 Å². The quantitative estimate of drug-likeness (QED) is 0.872. The molecule has 1 aliphatic rings. The minimum absolute atomic E-state index is 0.138. The number of β-amino-alcohol motifs (C(OH)–C–C–N with tert-alkyl or cyclic N) is 1. The maximum atomic E-state index is 13.9. The number of aliphatic hydroxyl groups is 1. The van der Waals surface area contributed by atoms with E-state index in [0.717, 1.165) is 12.8 Å². The number of nitrogens with zero attached hydrogens (tertiary/aromatic N) is 1. The van der Waals surface area contributed by atoms with Gasteiger partial charge in [0.2, 0.25) is 0 Å². The van der Waals surface area contributed by atoms with Crippen molar-refractivity contribution in [2.45, 2.75) is 25.5 Å². The SMILES string of the molecule is O=C(c1ccccc1NCc1c(F)cccc1Cl)N1CCCC(O)C1. The lowest BCUT2D eigenvalue weighted by Crippen LogP contribution is -2.42. The van der Waals surface area contributed by atoms with E-state index in [1.807, 2.05) is 6.07 Å². The van der Waals surface area contributed by atoms with Gasteiger partial charge in [0.1, 0.15) is 5.82 Å². The van der Waals surface area contributed by atoms with E-state index < -0.39 is 6.10 Å². The summed E-state index contributed by atoms with van der Waals surface area (Å²) in [6.45, 7) is 1.15. The molecule has 1 aliphatic heterocycles. The molecule has 1 saturated heterocycles. The number of halogens is 2. The molecule has 2 N–H and O–H groups in total. The number of benzene rings is 2. The molecule has 1 heterocycles. The molecule has 2 aromatic carbocycles. The van der Waals surface area contributed by atoms with Crippen molar-refractivity contribution in [3.8, 4) is 0 Å². The molecule has 1 unspecified atom stereocenters. The molecule has 25 heavy (non-hydrogen) atoms. The number of anilines is 1. The average molecular weight is 363 g/mol. The van der Waals surface area contributed by atoms with E-state index in [1.165, 1.54) is 6.07 Å². The van der Waals surface area contributed by atoms with Crippen LogP contribution >= 0.6 is 11.6 Å². The Balaban J connectivity index is 1.78. The van der Waals surface area contributed by atoms with E-state index >= 15 is 0 Å². The Kier molecular flexibility index (Phi) is 5.56.